The quantitative estimate of drug-likeness (QED) is 0.863. The van der Waals surface area contributed by atoms with Crippen LogP contribution < -0.4 is 4.72 Å². The monoisotopic (exact) mass is 377 g/mol. The molecule has 0 unspecified atom stereocenters. The first-order chi connectivity index (χ1) is 9.29. The third-order valence-corrected chi connectivity index (χ3v) is 4.74. The van der Waals surface area contributed by atoms with Crippen molar-refractivity contribution in [1.82, 2.24) is 0 Å². The van der Waals surface area contributed by atoms with Crippen LogP contribution in [0.3, 0.4) is 0 Å². The number of rotatable bonds is 3. The van der Waals surface area contributed by atoms with Crippen LogP contribution in [-0.4, -0.2) is 8.42 Å². The van der Waals surface area contributed by atoms with E-state index >= 15 is 0 Å². The van der Waals surface area contributed by atoms with Crippen molar-refractivity contribution in [3.8, 4) is 0 Å². The van der Waals surface area contributed by atoms with Crippen molar-refractivity contribution in [3.05, 3.63) is 57.3 Å². The van der Waals surface area contributed by atoms with E-state index in [9.17, 15) is 12.8 Å². The molecule has 0 saturated heterocycles. The van der Waals surface area contributed by atoms with Gasteiger partial charge in [-0.3, -0.25) is 4.72 Å². The van der Waals surface area contributed by atoms with Crippen molar-refractivity contribution < 1.29 is 12.8 Å². The molecule has 0 aromatic heterocycles. The van der Waals surface area contributed by atoms with E-state index in [1.54, 1.807) is 25.1 Å². The minimum Gasteiger partial charge on any atom is -0.279 e. The Balaban J connectivity index is 2.41. The fraction of sp³-hybridized carbons (Fsp3) is 0.0769. The van der Waals surface area contributed by atoms with Crippen molar-refractivity contribution in [2.24, 2.45) is 0 Å². The molecule has 3 nitrogen and oxygen atoms in total. The van der Waals surface area contributed by atoms with Gasteiger partial charge in [-0.1, -0.05) is 27.5 Å². The van der Waals surface area contributed by atoms with E-state index in [0.29, 0.717) is 5.69 Å². The lowest BCUT2D eigenvalue weighted by molar-refractivity contribution is 0.570. The minimum atomic E-state index is -4.00. The average molecular weight is 379 g/mol. The first-order valence-corrected chi connectivity index (χ1v) is 8.19. The molecular formula is C13H10BrClFNO2S. The van der Waals surface area contributed by atoms with Gasteiger partial charge in [-0.2, -0.15) is 0 Å². The summed E-state index contributed by atoms with van der Waals surface area (Å²) in [5.74, 6) is -0.889. The molecule has 0 radical (unpaired) electrons. The topological polar surface area (TPSA) is 46.2 Å². The molecule has 0 fully saturated rings. The molecule has 20 heavy (non-hydrogen) atoms. The fourth-order valence-corrected chi connectivity index (χ4v) is 3.46. The van der Waals surface area contributed by atoms with Gasteiger partial charge in [0, 0.05) is 9.50 Å². The second-order valence-electron chi connectivity index (χ2n) is 4.14. The molecule has 0 aliphatic carbocycles. The third kappa shape index (κ3) is 3.31. The maximum Gasteiger partial charge on any atom is 0.264 e. The Labute approximate surface area is 130 Å². The standard InChI is InChI=1S/C13H10BrClFNO2S/c1-8-6-9(14)2-4-12(8)17-20(18,19)13-5-3-10(15)7-11(13)16/h2-7,17H,1H3. The number of nitrogens with one attached hydrogen (secondary N) is 1. The number of benzene rings is 2. The lowest BCUT2D eigenvalue weighted by Gasteiger charge is -2.11. The Morgan fingerprint density at radius 1 is 1.20 bits per heavy atom. The highest BCUT2D eigenvalue weighted by Crippen LogP contribution is 2.25. The number of sulfonamides is 1. The van der Waals surface area contributed by atoms with Crippen LogP contribution in [-0.2, 0) is 10.0 Å². The molecule has 2 aromatic rings. The van der Waals surface area contributed by atoms with Crippen molar-refractivity contribution >= 4 is 43.2 Å². The van der Waals surface area contributed by atoms with Crippen LogP contribution in [0, 0.1) is 12.7 Å². The summed E-state index contributed by atoms with van der Waals surface area (Å²) in [6.45, 7) is 1.75. The number of halogens is 3. The van der Waals surface area contributed by atoms with Gasteiger partial charge in [0.05, 0.1) is 5.69 Å². The lowest BCUT2D eigenvalue weighted by Crippen LogP contribution is -2.15. The molecule has 0 atom stereocenters. The predicted molar refractivity (Wildman–Crippen MR) is 81.1 cm³/mol. The minimum absolute atomic E-state index is 0.140. The Bertz CT molecular complexity index is 765. The molecule has 0 spiro atoms. The van der Waals surface area contributed by atoms with Crippen LogP contribution in [0.4, 0.5) is 10.1 Å². The van der Waals surface area contributed by atoms with Gasteiger partial charge in [-0.05, 0) is 48.9 Å². The van der Waals surface area contributed by atoms with Crippen LogP contribution in [0.2, 0.25) is 5.02 Å². The number of anilines is 1. The molecule has 0 aliphatic heterocycles. The van der Waals surface area contributed by atoms with E-state index in [2.05, 4.69) is 20.7 Å². The van der Waals surface area contributed by atoms with Gasteiger partial charge in [0.1, 0.15) is 10.7 Å². The van der Waals surface area contributed by atoms with E-state index in [4.69, 9.17) is 11.6 Å². The van der Waals surface area contributed by atoms with Crippen molar-refractivity contribution in [2.75, 3.05) is 4.72 Å². The molecule has 0 saturated carbocycles. The normalized spacial score (nSPS) is 11.4. The van der Waals surface area contributed by atoms with Gasteiger partial charge in [-0.15, -0.1) is 0 Å². The number of hydrogen-bond acceptors (Lipinski definition) is 2. The fourth-order valence-electron chi connectivity index (χ4n) is 1.63. The van der Waals surface area contributed by atoms with E-state index in [1.165, 1.54) is 6.07 Å². The zero-order valence-corrected chi connectivity index (χ0v) is 13.5. The average Bonchev–Trinajstić information content (AvgIpc) is 2.32. The number of aryl methyl sites for hydroxylation is 1. The molecule has 0 amide bonds. The van der Waals surface area contributed by atoms with Crippen molar-refractivity contribution in [2.45, 2.75) is 11.8 Å². The third-order valence-electron chi connectivity index (χ3n) is 2.62. The molecule has 7 heteroatoms. The Hall–Kier alpha value is -1.11. The van der Waals surface area contributed by atoms with Gasteiger partial charge in [0.15, 0.2) is 0 Å². The highest BCUT2D eigenvalue weighted by molar-refractivity contribution is 9.10. The van der Waals surface area contributed by atoms with Crippen molar-refractivity contribution in [3.63, 3.8) is 0 Å². The summed E-state index contributed by atoms with van der Waals surface area (Å²) < 4.78 is 41.2. The Morgan fingerprint density at radius 3 is 2.50 bits per heavy atom. The second kappa shape index (κ2) is 5.71. The number of hydrogen-bond donors (Lipinski definition) is 1. The Morgan fingerprint density at radius 2 is 1.90 bits per heavy atom. The van der Waals surface area contributed by atoms with E-state index in [-0.39, 0.29) is 5.02 Å². The van der Waals surface area contributed by atoms with Gasteiger partial charge in [0.25, 0.3) is 10.0 Å². The summed E-state index contributed by atoms with van der Waals surface area (Å²) in [6, 6.07) is 8.48. The zero-order chi connectivity index (χ0) is 14.9. The molecule has 106 valence electrons. The van der Waals surface area contributed by atoms with Crippen LogP contribution in [0.15, 0.2) is 45.8 Å². The maximum absolute atomic E-state index is 13.7. The van der Waals surface area contributed by atoms with Crippen LogP contribution in [0.5, 0.6) is 0 Å². The summed E-state index contributed by atoms with van der Waals surface area (Å²) in [4.78, 5) is -0.441. The highest BCUT2D eigenvalue weighted by Gasteiger charge is 2.20. The van der Waals surface area contributed by atoms with Gasteiger partial charge >= 0.3 is 0 Å². The van der Waals surface area contributed by atoms with Crippen LogP contribution >= 0.6 is 27.5 Å². The molecule has 2 rings (SSSR count). The molecule has 1 N–H and O–H groups in total. The SMILES string of the molecule is Cc1cc(Br)ccc1NS(=O)(=O)c1ccc(Cl)cc1F. The molecule has 0 aliphatic rings. The highest BCUT2D eigenvalue weighted by atomic mass is 79.9. The first-order valence-electron chi connectivity index (χ1n) is 5.53. The summed E-state index contributed by atoms with van der Waals surface area (Å²) in [7, 11) is -4.00. The van der Waals surface area contributed by atoms with Crippen molar-refractivity contribution in [1.29, 1.82) is 0 Å². The van der Waals surface area contributed by atoms with E-state index in [1.807, 2.05) is 0 Å². The summed E-state index contributed by atoms with van der Waals surface area (Å²) in [6.07, 6.45) is 0. The molecule has 2 aromatic carbocycles. The second-order valence-corrected chi connectivity index (χ2v) is 7.14. The maximum atomic E-state index is 13.7. The largest absolute Gasteiger partial charge is 0.279 e. The summed E-state index contributed by atoms with van der Waals surface area (Å²) >= 11 is 8.90. The van der Waals surface area contributed by atoms with E-state index in [0.717, 1.165) is 22.2 Å². The van der Waals surface area contributed by atoms with Crippen LogP contribution in [0.1, 0.15) is 5.56 Å². The van der Waals surface area contributed by atoms with E-state index < -0.39 is 20.7 Å². The zero-order valence-electron chi connectivity index (χ0n) is 10.3. The molecule has 0 bridgehead atoms. The van der Waals surface area contributed by atoms with Gasteiger partial charge < -0.3 is 0 Å². The smallest absolute Gasteiger partial charge is 0.264 e. The molecular weight excluding hydrogens is 369 g/mol. The lowest BCUT2D eigenvalue weighted by atomic mass is 10.2. The first kappa shape index (κ1) is 15.3. The summed E-state index contributed by atoms with van der Waals surface area (Å²) in [5, 5.41) is 0.140. The van der Waals surface area contributed by atoms with Crippen LogP contribution in [0.25, 0.3) is 0 Å². The Kier molecular flexibility index (Phi) is 4.36. The molecule has 0 heterocycles. The van der Waals surface area contributed by atoms with Gasteiger partial charge in [0.2, 0.25) is 0 Å². The predicted octanol–water partition coefficient (Wildman–Crippen LogP) is 4.35. The van der Waals surface area contributed by atoms with Gasteiger partial charge in [-0.25, -0.2) is 12.8 Å². The summed E-state index contributed by atoms with van der Waals surface area (Å²) in [5.41, 5.74) is 1.11.